The van der Waals surface area contributed by atoms with E-state index in [1.807, 2.05) is 136 Å². The molecule has 39 heteroatoms. The number of imidazole rings is 6. The van der Waals surface area contributed by atoms with Gasteiger partial charge in [0.1, 0.15) is 6.61 Å². The fraction of sp³-hybridized carbons (Fsp3) is 0.308. The summed E-state index contributed by atoms with van der Waals surface area (Å²) in [5, 5.41) is 33.6. The minimum Gasteiger partial charge on any atom is -0.453 e. The fourth-order valence-corrected chi connectivity index (χ4v) is 11.0. The lowest BCUT2D eigenvalue weighted by molar-refractivity contribution is 0.0333. The number of H-pyrrole nitrogens is 3. The van der Waals surface area contributed by atoms with E-state index in [4.69, 9.17) is 19.5 Å². The Morgan fingerprint density at radius 1 is 0.444 bits per heavy atom. The number of thioether (sulfide) groups is 1. The minimum atomic E-state index is -0.698. The summed E-state index contributed by atoms with van der Waals surface area (Å²) in [7, 11) is 5.05. The van der Waals surface area contributed by atoms with Crippen molar-refractivity contribution in [3.8, 4) is 12.0 Å². The van der Waals surface area contributed by atoms with Gasteiger partial charge in [0.2, 0.25) is 35.7 Å². The van der Waals surface area contributed by atoms with Crippen molar-refractivity contribution in [2.24, 2.45) is 0 Å². The number of nitriles is 1. The van der Waals surface area contributed by atoms with Gasteiger partial charge in [-0.25, -0.2) is 86.6 Å². The van der Waals surface area contributed by atoms with Gasteiger partial charge in [0.05, 0.1) is 126 Å². The number of aromatic amines is 3. The van der Waals surface area contributed by atoms with Gasteiger partial charge in [0, 0.05) is 44.1 Å². The fourth-order valence-electron chi connectivity index (χ4n) is 10.7. The number of fused-ring (bicyclic) bond motifs is 6. The van der Waals surface area contributed by atoms with Gasteiger partial charge >= 0.3 is 48.6 Å². The maximum absolute atomic E-state index is 12.5. The van der Waals surface area contributed by atoms with Crippen LogP contribution in [0.3, 0.4) is 0 Å². The number of hydrogen-bond acceptors (Lipinski definition) is 24. The lowest BCUT2D eigenvalue weighted by Crippen LogP contribution is -2.31. The second kappa shape index (κ2) is 46.8. The van der Waals surface area contributed by atoms with E-state index in [-0.39, 0.29) is 42.5 Å². The first-order valence-electron chi connectivity index (χ1n) is 36.8. The zero-order valence-corrected chi connectivity index (χ0v) is 66.8. The number of aryl methyl sites for hydroxylation is 2. The highest BCUT2D eigenvalue weighted by Gasteiger charge is 2.22. The van der Waals surface area contributed by atoms with Gasteiger partial charge in [-0.05, 0) is 125 Å². The summed E-state index contributed by atoms with van der Waals surface area (Å²) in [5.74, 6) is 2.69. The van der Waals surface area contributed by atoms with E-state index in [1.54, 1.807) is 66.4 Å². The Kier molecular flexibility index (Phi) is 35.4. The highest BCUT2D eigenvalue weighted by molar-refractivity contribution is 7.98. The zero-order valence-electron chi connectivity index (χ0n) is 65.9. The van der Waals surface area contributed by atoms with Crippen LogP contribution in [0.15, 0.2) is 152 Å². The van der Waals surface area contributed by atoms with Crippen LogP contribution in [0.4, 0.5) is 68.1 Å². The first-order chi connectivity index (χ1) is 56.8. The number of para-hydroxylation sites is 12. The molecule has 7 heterocycles. The van der Waals surface area contributed by atoms with Gasteiger partial charge in [0.15, 0.2) is 0 Å². The van der Waals surface area contributed by atoms with Gasteiger partial charge in [0.25, 0.3) is 0 Å². The van der Waals surface area contributed by atoms with Crippen LogP contribution in [0.25, 0.3) is 72.1 Å². The smallest absolute Gasteiger partial charge is 0.414 e. The van der Waals surface area contributed by atoms with Crippen LogP contribution in [0.5, 0.6) is 0 Å². The number of rotatable bonds is 24. The summed E-state index contributed by atoms with van der Waals surface area (Å²) in [5.41, 5.74) is 11.0. The van der Waals surface area contributed by atoms with Gasteiger partial charge in [-0.2, -0.15) is 22.1 Å². The molecular formula is C78H93N23O15S. The number of unbranched alkanes of at least 4 members (excludes halogenated alkanes) is 4. The number of nitrogens with one attached hydrogen (secondary N) is 11. The molecule has 0 saturated carbocycles. The molecule has 0 aliphatic carbocycles. The third-order valence-electron chi connectivity index (χ3n) is 16.1. The van der Waals surface area contributed by atoms with Crippen molar-refractivity contribution in [3.05, 3.63) is 163 Å². The molecule has 7 aromatic heterocycles. The van der Waals surface area contributed by atoms with E-state index in [2.05, 4.69) is 118 Å². The van der Waals surface area contributed by atoms with E-state index in [0.717, 1.165) is 88.3 Å². The quantitative estimate of drug-likeness (QED) is 0.0198. The summed E-state index contributed by atoms with van der Waals surface area (Å²) in [6, 6.07) is 47.5. The lowest BCUT2D eigenvalue weighted by Gasteiger charge is -2.09. The van der Waals surface area contributed by atoms with Crippen molar-refractivity contribution in [1.29, 1.82) is 5.26 Å². The zero-order chi connectivity index (χ0) is 83.9. The molecule has 13 aromatic rings. The SMILES string of the molecule is CCCCNC(=O)n1c(NC(=O)OC)nc2ccccc21.CCOCCOCCOC(=O)Nc1nc2ccccc2[nH]1.COC(=O)Nc1nc2ccccc2[nH]1.COC(=O)Nc1nc2ccccc2n1C(=O)NCCCCCC#N.COC(=O)Nc1nc2ccccc2n1C(=O)NCCSC.Cc1cc(C)n(-c2nc3ccccc3[nH]2)n1. The molecule has 11 N–H and O–H groups in total. The topological polar surface area (TPSA) is 479 Å². The van der Waals surface area contributed by atoms with Crippen LogP contribution in [-0.2, 0) is 33.2 Å². The van der Waals surface area contributed by atoms with Gasteiger partial charge in [-0.1, -0.05) is 92.6 Å². The van der Waals surface area contributed by atoms with Gasteiger partial charge in [-0.15, -0.1) is 0 Å². The van der Waals surface area contributed by atoms with Gasteiger partial charge in [-0.3, -0.25) is 26.6 Å². The molecule has 0 radical (unpaired) electrons. The predicted molar refractivity (Wildman–Crippen MR) is 444 cm³/mol. The minimum absolute atomic E-state index is 0.102. The van der Waals surface area contributed by atoms with Crippen LogP contribution in [0.1, 0.15) is 63.8 Å². The number of anilines is 5. The number of ether oxygens (including phenoxy) is 7. The number of nitrogens with zero attached hydrogens (tertiary/aromatic N) is 12. The molecular weight excluding hydrogens is 1530 g/mol. The molecule has 0 fully saturated rings. The van der Waals surface area contributed by atoms with Crippen LogP contribution in [0.2, 0.25) is 0 Å². The number of amides is 8. The Bertz CT molecular complexity index is 5250. The van der Waals surface area contributed by atoms with Crippen molar-refractivity contribution >= 4 is 156 Å². The molecule has 0 saturated heterocycles. The van der Waals surface area contributed by atoms with Crippen LogP contribution < -0.4 is 42.5 Å². The van der Waals surface area contributed by atoms with Gasteiger partial charge < -0.3 is 64.1 Å². The van der Waals surface area contributed by atoms with Crippen LogP contribution in [-0.4, -0.2) is 210 Å². The molecule has 0 aliphatic rings. The Labute approximate surface area is 675 Å². The summed E-state index contributed by atoms with van der Waals surface area (Å²) in [6.45, 7) is 11.8. The highest BCUT2D eigenvalue weighted by atomic mass is 32.2. The lowest BCUT2D eigenvalue weighted by atomic mass is 10.2. The summed E-state index contributed by atoms with van der Waals surface area (Å²) in [4.78, 5) is 128. The van der Waals surface area contributed by atoms with Crippen molar-refractivity contribution in [2.45, 2.75) is 66.2 Å². The molecule has 0 bridgehead atoms. The molecule has 8 amide bonds. The van der Waals surface area contributed by atoms with Crippen molar-refractivity contribution < 1.29 is 71.5 Å². The molecule has 13 rings (SSSR count). The normalized spacial score (nSPS) is 10.5. The molecule has 0 unspecified atom stereocenters. The van der Waals surface area contributed by atoms with E-state index < -0.39 is 30.5 Å². The molecule has 0 atom stereocenters. The molecule has 6 aromatic carbocycles. The maximum Gasteiger partial charge on any atom is 0.414 e. The Morgan fingerprint density at radius 2 is 0.838 bits per heavy atom. The second-order valence-electron chi connectivity index (χ2n) is 24.4. The van der Waals surface area contributed by atoms with Crippen molar-refractivity contribution in [3.63, 3.8) is 0 Å². The van der Waals surface area contributed by atoms with E-state index in [9.17, 15) is 38.4 Å². The average Bonchev–Trinajstić information content (AvgIpc) is 1.65. The monoisotopic (exact) mass is 1620 g/mol. The summed E-state index contributed by atoms with van der Waals surface area (Å²) >= 11 is 1.63. The number of methoxy groups -OCH3 is 4. The number of aromatic nitrogens is 14. The molecule has 616 valence electrons. The number of carbonyl (C=O) groups is 8. The molecule has 117 heavy (non-hydrogen) atoms. The standard InChI is InChI=1S/C16H19N5O3.C14H18N4O3.C14H19N3O4.C13H16N4O3S.C12H12N4.C9H9N3O2/c1-24-16(23)20-14-19-12-8-4-5-9-13(12)21(14)15(22)18-11-7-3-2-6-10-17;1-3-4-9-15-13(19)18-11-8-6-5-7-10(11)16-12(18)17-14(20)21-2;1-2-19-7-8-20-9-10-21-14(18)17-13-15-11-5-3-4-6-12(11)16-13;1-20-13(19)16-11-15-9-5-3-4-6-10(9)17(11)12(18)14-7-8-21-2;1-8-7-9(2)16(15-8)12-13-10-5-3-4-6-11(10)14-12;1-14-9(13)12-8-10-6-4-2-3-5-7(6)11-8/h4-5,8-9H,2-3,6-7,11H2,1H3,(H,18,22)(H,19,20,23);5-8H,3-4,9H2,1-2H3,(H,15,19)(H,16,17,20);3-6H,2,7-10H2,1H3,(H2,15,16,17,18);3-6H,7-8H2,1-2H3,(H,14,18)(H,15,16,19);3-7H,1-2H3,(H,13,14);2-5H,1H3,(H2,10,11,12,13). The number of benzene rings is 6. The van der Waals surface area contributed by atoms with Crippen LogP contribution in [0, 0.1) is 25.2 Å². The third kappa shape index (κ3) is 26.8. The Balaban J connectivity index is 0.000000176. The van der Waals surface area contributed by atoms with E-state index in [1.165, 1.54) is 42.1 Å². The summed E-state index contributed by atoms with van der Waals surface area (Å²) in [6.07, 6.45) is 3.66. The predicted octanol–water partition coefficient (Wildman–Crippen LogP) is 13.8. The molecule has 0 spiro atoms. The summed E-state index contributed by atoms with van der Waals surface area (Å²) < 4.78 is 39.2. The van der Waals surface area contributed by atoms with Crippen LogP contribution >= 0.6 is 11.8 Å². The number of carbonyl (C=O) groups excluding carboxylic acids is 8. The first-order valence-corrected chi connectivity index (χ1v) is 38.2. The highest BCUT2D eigenvalue weighted by Crippen LogP contribution is 2.24. The maximum atomic E-state index is 12.5. The van der Waals surface area contributed by atoms with Crippen molar-refractivity contribution in [2.75, 3.05) is 120 Å². The average molecular weight is 1620 g/mol. The largest absolute Gasteiger partial charge is 0.453 e. The second-order valence-corrected chi connectivity index (χ2v) is 25.4. The third-order valence-corrected chi connectivity index (χ3v) is 16.8. The van der Waals surface area contributed by atoms with Crippen molar-refractivity contribution in [1.82, 2.24) is 84.3 Å². The number of hydrogen-bond donors (Lipinski definition) is 11. The van der Waals surface area contributed by atoms with E-state index >= 15 is 0 Å². The molecule has 0 aliphatic heterocycles. The van der Waals surface area contributed by atoms with E-state index in [0.29, 0.717) is 97.5 Å². The Morgan fingerprint density at radius 3 is 1.25 bits per heavy atom. The molecule has 38 nitrogen and oxygen atoms in total. The first kappa shape index (κ1) is 88.4. The Hall–Kier alpha value is -14.1.